The molecule has 1 aromatic rings. The van der Waals surface area contributed by atoms with Crippen LogP contribution >= 0.6 is 11.6 Å². The summed E-state index contributed by atoms with van der Waals surface area (Å²) in [5, 5.41) is 3.38. The molecule has 1 unspecified atom stereocenters. The number of carbonyl (C=O) groups is 2. The molecule has 0 heterocycles. The van der Waals surface area contributed by atoms with E-state index in [4.69, 9.17) is 11.6 Å². The van der Waals surface area contributed by atoms with Gasteiger partial charge in [-0.2, -0.15) is 0 Å². The third-order valence-electron chi connectivity index (χ3n) is 3.32. The van der Waals surface area contributed by atoms with Crippen molar-refractivity contribution in [2.75, 3.05) is 6.54 Å². The predicted octanol–water partition coefficient (Wildman–Crippen LogP) is 3.16. The van der Waals surface area contributed by atoms with Crippen molar-refractivity contribution >= 4 is 23.4 Å². The lowest BCUT2D eigenvalue weighted by Gasteiger charge is -2.28. The first-order chi connectivity index (χ1) is 10.5. The first-order valence-corrected chi connectivity index (χ1v) is 7.79. The van der Waals surface area contributed by atoms with Crippen LogP contribution in [0.5, 0.6) is 0 Å². The SMILES string of the molecule is C=CCNC(=O)C(C)N(Cc1ccc(Cl)cc1)C(=O)CCC. The molecule has 0 saturated carbocycles. The first kappa shape index (κ1) is 18.2. The van der Waals surface area contributed by atoms with Crippen LogP contribution in [0.15, 0.2) is 36.9 Å². The highest BCUT2D eigenvalue weighted by Crippen LogP contribution is 2.14. The van der Waals surface area contributed by atoms with Gasteiger partial charge in [0.1, 0.15) is 6.04 Å². The largest absolute Gasteiger partial charge is 0.351 e. The molecule has 0 bridgehead atoms. The minimum Gasteiger partial charge on any atom is -0.351 e. The summed E-state index contributed by atoms with van der Waals surface area (Å²) >= 11 is 5.88. The molecule has 1 atom stereocenters. The van der Waals surface area contributed by atoms with E-state index in [1.807, 2.05) is 19.1 Å². The molecule has 4 nitrogen and oxygen atoms in total. The maximum atomic E-state index is 12.3. The van der Waals surface area contributed by atoms with Crippen LogP contribution in [-0.2, 0) is 16.1 Å². The van der Waals surface area contributed by atoms with Gasteiger partial charge in [-0.25, -0.2) is 0 Å². The number of nitrogens with zero attached hydrogens (tertiary/aromatic N) is 1. The molecule has 1 N–H and O–H groups in total. The molecule has 0 aliphatic carbocycles. The lowest BCUT2D eigenvalue weighted by molar-refractivity contribution is -0.140. The fourth-order valence-electron chi connectivity index (χ4n) is 2.05. The fourth-order valence-corrected chi connectivity index (χ4v) is 2.17. The highest BCUT2D eigenvalue weighted by molar-refractivity contribution is 6.30. The number of benzene rings is 1. The van der Waals surface area contributed by atoms with Gasteiger partial charge in [0, 0.05) is 24.5 Å². The zero-order chi connectivity index (χ0) is 16.5. The summed E-state index contributed by atoms with van der Waals surface area (Å²) in [5.41, 5.74) is 0.942. The van der Waals surface area contributed by atoms with Gasteiger partial charge < -0.3 is 10.2 Å². The molecule has 5 heteroatoms. The van der Waals surface area contributed by atoms with E-state index in [1.165, 1.54) is 0 Å². The third kappa shape index (κ3) is 5.53. The van der Waals surface area contributed by atoms with Gasteiger partial charge in [0.15, 0.2) is 0 Å². The molecule has 22 heavy (non-hydrogen) atoms. The Kier molecular flexibility index (Phi) is 7.67. The summed E-state index contributed by atoms with van der Waals surface area (Å²) in [6, 6.07) is 6.75. The van der Waals surface area contributed by atoms with Gasteiger partial charge in [-0.1, -0.05) is 36.7 Å². The number of rotatable bonds is 8. The van der Waals surface area contributed by atoms with E-state index in [-0.39, 0.29) is 11.8 Å². The molecular weight excluding hydrogens is 300 g/mol. The van der Waals surface area contributed by atoms with Gasteiger partial charge in [0.05, 0.1) is 0 Å². The minimum atomic E-state index is -0.533. The van der Waals surface area contributed by atoms with Gasteiger partial charge in [-0.3, -0.25) is 9.59 Å². The van der Waals surface area contributed by atoms with Crippen molar-refractivity contribution in [1.29, 1.82) is 0 Å². The normalized spacial score (nSPS) is 11.6. The van der Waals surface area contributed by atoms with Crippen LogP contribution in [0.4, 0.5) is 0 Å². The number of amides is 2. The minimum absolute atomic E-state index is 0.0290. The fraction of sp³-hybridized carbons (Fsp3) is 0.412. The summed E-state index contributed by atoms with van der Waals surface area (Å²) in [6.07, 6.45) is 2.78. The Morgan fingerprint density at radius 1 is 1.36 bits per heavy atom. The molecule has 1 rings (SSSR count). The number of halogens is 1. The summed E-state index contributed by atoms with van der Waals surface area (Å²) in [6.45, 7) is 8.03. The zero-order valence-electron chi connectivity index (χ0n) is 13.1. The average molecular weight is 323 g/mol. The van der Waals surface area contributed by atoms with Crippen LogP contribution in [-0.4, -0.2) is 29.3 Å². The van der Waals surface area contributed by atoms with Crippen molar-refractivity contribution in [2.24, 2.45) is 0 Å². The summed E-state index contributed by atoms with van der Waals surface area (Å²) < 4.78 is 0. The second-order valence-electron chi connectivity index (χ2n) is 5.11. The highest BCUT2D eigenvalue weighted by Gasteiger charge is 2.25. The van der Waals surface area contributed by atoms with Crippen molar-refractivity contribution in [3.05, 3.63) is 47.5 Å². The number of hydrogen-bond donors (Lipinski definition) is 1. The molecule has 0 radical (unpaired) electrons. The van der Waals surface area contributed by atoms with Crippen molar-refractivity contribution in [2.45, 2.75) is 39.3 Å². The quantitative estimate of drug-likeness (QED) is 0.747. The Labute approximate surface area is 137 Å². The Morgan fingerprint density at radius 2 is 2.00 bits per heavy atom. The molecule has 0 saturated heterocycles. The molecule has 0 aliphatic rings. The van der Waals surface area contributed by atoms with Gasteiger partial charge in [-0.05, 0) is 31.0 Å². The van der Waals surface area contributed by atoms with Crippen LogP contribution in [0.2, 0.25) is 5.02 Å². The van der Waals surface area contributed by atoms with Crippen LogP contribution in [0.25, 0.3) is 0 Å². The molecule has 120 valence electrons. The summed E-state index contributed by atoms with van der Waals surface area (Å²) in [7, 11) is 0. The van der Waals surface area contributed by atoms with Crippen molar-refractivity contribution in [1.82, 2.24) is 10.2 Å². The van der Waals surface area contributed by atoms with Crippen molar-refractivity contribution in [3.63, 3.8) is 0 Å². The topological polar surface area (TPSA) is 49.4 Å². The van der Waals surface area contributed by atoms with Gasteiger partial charge in [-0.15, -0.1) is 6.58 Å². The second kappa shape index (κ2) is 9.26. The summed E-state index contributed by atoms with van der Waals surface area (Å²) in [5.74, 6) is -0.211. The molecule has 2 amide bonds. The predicted molar refractivity (Wildman–Crippen MR) is 89.6 cm³/mol. The van der Waals surface area contributed by atoms with Crippen LogP contribution in [0.1, 0.15) is 32.3 Å². The molecular formula is C17H23ClN2O2. The molecule has 0 spiro atoms. The lowest BCUT2D eigenvalue weighted by atomic mass is 10.1. The maximum Gasteiger partial charge on any atom is 0.242 e. The Bertz CT molecular complexity index is 514. The summed E-state index contributed by atoms with van der Waals surface area (Å²) in [4.78, 5) is 26.1. The van der Waals surface area contributed by atoms with Gasteiger partial charge in [0.2, 0.25) is 11.8 Å². The smallest absolute Gasteiger partial charge is 0.242 e. The van der Waals surface area contributed by atoms with E-state index < -0.39 is 6.04 Å². The average Bonchev–Trinajstić information content (AvgIpc) is 2.51. The number of carbonyl (C=O) groups excluding carboxylic acids is 2. The van der Waals surface area contributed by atoms with E-state index in [1.54, 1.807) is 30.0 Å². The second-order valence-corrected chi connectivity index (χ2v) is 5.54. The van der Waals surface area contributed by atoms with E-state index in [0.717, 1.165) is 12.0 Å². The third-order valence-corrected chi connectivity index (χ3v) is 3.57. The monoisotopic (exact) mass is 322 g/mol. The first-order valence-electron chi connectivity index (χ1n) is 7.42. The Hall–Kier alpha value is -1.81. The van der Waals surface area contributed by atoms with E-state index in [9.17, 15) is 9.59 Å². The van der Waals surface area contributed by atoms with E-state index in [0.29, 0.717) is 24.5 Å². The zero-order valence-corrected chi connectivity index (χ0v) is 13.9. The van der Waals surface area contributed by atoms with Crippen molar-refractivity contribution in [3.8, 4) is 0 Å². The van der Waals surface area contributed by atoms with Crippen LogP contribution in [0, 0.1) is 0 Å². The molecule has 0 fully saturated rings. The number of nitrogens with one attached hydrogen (secondary N) is 1. The van der Waals surface area contributed by atoms with Gasteiger partial charge >= 0.3 is 0 Å². The molecule has 0 aromatic heterocycles. The van der Waals surface area contributed by atoms with Crippen LogP contribution < -0.4 is 5.32 Å². The molecule has 0 aliphatic heterocycles. The van der Waals surface area contributed by atoms with Crippen molar-refractivity contribution < 1.29 is 9.59 Å². The lowest BCUT2D eigenvalue weighted by Crippen LogP contribution is -2.47. The standard InChI is InChI=1S/C17H23ClN2O2/c1-4-6-16(21)20(13(3)17(22)19-11-5-2)12-14-7-9-15(18)10-8-14/h5,7-10,13H,2,4,6,11-12H2,1,3H3,(H,19,22). The van der Waals surface area contributed by atoms with E-state index >= 15 is 0 Å². The number of hydrogen-bond acceptors (Lipinski definition) is 2. The Morgan fingerprint density at radius 3 is 2.55 bits per heavy atom. The maximum absolute atomic E-state index is 12.3. The Balaban J connectivity index is 2.87. The van der Waals surface area contributed by atoms with Gasteiger partial charge in [0.25, 0.3) is 0 Å². The van der Waals surface area contributed by atoms with E-state index in [2.05, 4.69) is 11.9 Å². The highest BCUT2D eigenvalue weighted by atomic mass is 35.5. The molecule has 1 aromatic carbocycles. The van der Waals surface area contributed by atoms with Crippen LogP contribution in [0.3, 0.4) is 0 Å².